The molecule has 1 aromatic carbocycles. The number of halogens is 1. The number of likely N-dealkylation sites (N-methyl/N-ethyl adjacent to an activating group) is 1. The van der Waals surface area contributed by atoms with E-state index in [0.717, 1.165) is 51.0 Å². The molecule has 0 aromatic heterocycles. The molecule has 1 aliphatic rings. The molecule has 0 radical (unpaired) electrons. The number of nitrogens with one attached hydrogen (secondary N) is 2. The van der Waals surface area contributed by atoms with E-state index in [1.165, 1.54) is 13.1 Å². The second kappa shape index (κ2) is 14.0. The monoisotopic (exact) mass is 489 g/mol. The van der Waals surface area contributed by atoms with E-state index in [1.807, 2.05) is 30.3 Å². The molecular weight excluding hydrogens is 453 g/mol. The molecule has 0 spiro atoms. The maximum Gasteiger partial charge on any atom is 0.191 e. The molecule has 154 valence electrons. The first-order valence-electron chi connectivity index (χ1n) is 9.89. The molecule has 1 heterocycles. The van der Waals surface area contributed by atoms with Crippen LogP contribution in [0.1, 0.15) is 20.8 Å². The van der Waals surface area contributed by atoms with Crippen LogP contribution in [0.5, 0.6) is 5.75 Å². The Morgan fingerprint density at radius 3 is 2.44 bits per heavy atom. The number of benzene rings is 1. The number of para-hydroxylation sites is 1. The van der Waals surface area contributed by atoms with Crippen LogP contribution in [0.15, 0.2) is 35.3 Å². The lowest BCUT2D eigenvalue weighted by molar-refractivity contribution is 0.109. The molecule has 7 heteroatoms. The summed E-state index contributed by atoms with van der Waals surface area (Å²) < 4.78 is 5.72. The first kappa shape index (κ1) is 24.0. The lowest BCUT2D eigenvalue weighted by Crippen LogP contribution is -2.50. The summed E-state index contributed by atoms with van der Waals surface area (Å²) in [5, 5.41) is 6.66. The average molecular weight is 489 g/mol. The highest BCUT2D eigenvalue weighted by atomic mass is 127. The average Bonchev–Trinajstić information content (AvgIpc) is 2.70. The van der Waals surface area contributed by atoms with Crippen LogP contribution in [0.2, 0.25) is 0 Å². The number of aliphatic imine (C=N–C) groups is 1. The maximum atomic E-state index is 5.72. The summed E-state index contributed by atoms with van der Waals surface area (Å²) in [6.07, 6.45) is 0. The fraction of sp³-hybridized carbons (Fsp3) is 0.650. The van der Waals surface area contributed by atoms with Gasteiger partial charge in [0, 0.05) is 38.8 Å². The number of ether oxygens (including phenoxy) is 1. The van der Waals surface area contributed by atoms with Gasteiger partial charge in [-0.25, -0.2) is 0 Å². The third kappa shape index (κ3) is 9.12. The summed E-state index contributed by atoms with van der Waals surface area (Å²) in [5.41, 5.74) is 0. The molecule has 27 heavy (non-hydrogen) atoms. The molecular formula is C20H36IN5O. The molecule has 2 N–H and O–H groups in total. The number of guanidine groups is 1. The minimum absolute atomic E-state index is 0. The zero-order chi connectivity index (χ0) is 18.6. The van der Waals surface area contributed by atoms with Crippen molar-refractivity contribution in [3.63, 3.8) is 0 Å². The number of hydrogen-bond donors (Lipinski definition) is 2. The topological polar surface area (TPSA) is 52.1 Å². The third-order valence-corrected chi connectivity index (χ3v) is 4.74. The first-order valence-corrected chi connectivity index (χ1v) is 9.89. The predicted molar refractivity (Wildman–Crippen MR) is 124 cm³/mol. The van der Waals surface area contributed by atoms with Gasteiger partial charge in [-0.05, 0) is 32.5 Å². The highest BCUT2D eigenvalue weighted by molar-refractivity contribution is 14.0. The van der Waals surface area contributed by atoms with Gasteiger partial charge in [-0.1, -0.05) is 25.1 Å². The lowest BCUT2D eigenvalue weighted by atomic mass is 10.2. The minimum atomic E-state index is 0. The van der Waals surface area contributed by atoms with Gasteiger partial charge in [-0.2, -0.15) is 0 Å². The summed E-state index contributed by atoms with van der Waals surface area (Å²) in [6.45, 7) is 15.4. The zero-order valence-electron chi connectivity index (χ0n) is 17.0. The van der Waals surface area contributed by atoms with Crippen molar-refractivity contribution < 1.29 is 4.74 Å². The summed E-state index contributed by atoms with van der Waals surface area (Å²) in [5.74, 6) is 1.76. The van der Waals surface area contributed by atoms with E-state index in [2.05, 4.69) is 41.2 Å². The van der Waals surface area contributed by atoms with Gasteiger partial charge in [0.1, 0.15) is 12.4 Å². The maximum absolute atomic E-state index is 5.72. The number of hydrogen-bond acceptors (Lipinski definition) is 4. The molecule has 1 aliphatic heterocycles. The Morgan fingerprint density at radius 2 is 1.81 bits per heavy atom. The molecule has 2 rings (SSSR count). The van der Waals surface area contributed by atoms with Crippen LogP contribution in [0.3, 0.4) is 0 Å². The van der Waals surface area contributed by atoms with Crippen molar-refractivity contribution in [3.05, 3.63) is 30.3 Å². The van der Waals surface area contributed by atoms with Gasteiger partial charge in [0.15, 0.2) is 5.96 Å². The van der Waals surface area contributed by atoms with Gasteiger partial charge in [-0.15, -0.1) is 24.0 Å². The Labute approximate surface area is 181 Å². The zero-order valence-corrected chi connectivity index (χ0v) is 19.3. The number of rotatable bonds is 9. The first-order chi connectivity index (χ1) is 12.7. The number of nitrogens with zero attached hydrogens (tertiary/aromatic N) is 3. The van der Waals surface area contributed by atoms with Gasteiger partial charge < -0.3 is 20.3 Å². The van der Waals surface area contributed by atoms with E-state index in [1.54, 1.807) is 0 Å². The molecule has 0 amide bonds. The summed E-state index contributed by atoms with van der Waals surface area (Å²) in [7, 11) is 0. The van der Waals surface area contributed by atoms with Crippen LogP contribution < -0.4 is 15.4 Å². The van der Waals surface area contributed by atoms with Gasteiger partial charge in [0.25, 0.3) is 0 Å². The SMILES string of the molecule is CCNC(=NCC(C)N1CCN(CC)CC1)NCCOc1ccccc1.I. The quantitative estimate of drug-likeness (QED) is 0.241. The largest absolute Gasteiger partial charge is 0.492 e. The second-order valence-electron chi connectivity index (χ2n) is 6.63. The fourth-order valence-electron chi connectivity index (χ4n) is 3.06. The normalized spacial score (nSPS) is 17.1. The van der Waals surface area contributed by atoms with E-state index >= 15 is 0 Å². The van der Waals surface area contributed by atoms with Gasteiger partial charge in [-0.3, -0.25) is 9.89 Å². The third-order valence-electron chi connectivity index (χ3n) is 4.74. The highest BCUT2D eigenvalue weighted by Crippen LogP contribution is 2.08. The molecule has 6 nitrogen and oxygen atoms in total. The van der Waals surface area contributed by atoms with Crippen molar-refractivity contribution in [3.8, 4) is 5.75 Å². The van der Waals surface area contributed by atoms with E-state index in [-0.39, 0.29) is 24.0 Å². The van der Waals surface area contributed by atoms with Crippen LogP contribution in [0.4, 0.5) is 0 Å². The second-order valence-corrected chi connectivity index (χ2v) is 6.63. The molecule has 0 aliphatic carbocycles. The highest BCUT2D eigenvalue weighted by Gasteiger charge is 2.19. The van der Waals surface area contributed by atoms with E-state index in [0.29, 0.717) is 12.6 Å². The van der Waals surface area contributed by atoms with Gasteiger partial charge in [0.05, 0.1) is 13.1 Å². The van der Waals surface area contributed by atoms with E-state index in [9.17, 15) is 0 Å². The summed E-state index contributed by atoms with van der Waals surface area (Å²) in [4.78, 5) is 9.80. The van der Waals surface area contributed by atoms with E-state index in [4.69, 9.17) is 9.73 Å². The van der Waals surface area contributed by atoms with Crippen molar-refractivity contribution in [2.75, 3.05) is 59.0 Å². The summed E-state index contributed by atoms with van der Waals surface area (Å²) >= 11 is 0. The van der Waals surface area contributed by atoms with Gasteiger partial charge >= 0.3 is 0 Å². The standard InChI is InChI=1S/C20H35N5O.HI/c1-4-21-20(22-11-16-26-19-9-7-6-8-10-19)23-17-18(3)25-14-12-24(5-2)13-15-25;/h6-10,18H,4-5,11-17H2,1-3H3,(H2,21,22,23);1H. The molecule has 1 unspecified atom stereocenters. The fourth-order valence-corrected chi connectivity index (χ4v) is 3.06. The van der Waals surface area contributed by atoms with Crippen molar-refractivity contribution in [1.29, 1.82) is 0 Å². The Kier molecular flexibility index (Phi) is 12.4. The van der Waals surface area contributed by atoms with Crippen molar-refractivity contribution in [2.45, 2.75) is 26.8 Å². The molecule has 0 saturated carbocycles. The molecule has 1 aromatic rings. The Balaban J connectivity index is 0.00000364. The van der Waals surface area contributed by atoms with Crippen LogP contribution in [0, 0.1) is 0 Å². The molecule has 1 saturated heterocycles. The Morgan fingerprint density at radius 1 is 1.11 bits per heavy atom. The Hall–Kier alpha value is -1.06. The summed E-state index contributed by atoms with van der Waals surface area (Å²) in [6, 6.07) is 10.4. The molecule has 1 fully saturated rings. The van der Waals surface area contributed by atoms with Crippen molar-refractivity contribution in [2.24, 2.45) is 4.99 Å². The predicted octanol–water partition coefficient (Wildman–Crippen LogP) is 2.26. The van der Waals surface area contributed by atoms with Crippen LogP contribution in [0.25, 0.3) is 0 Å². The minimum Gasteiger partial charge on any atom is -0.492 e. The van der Waals surface area contributed by atoms with Crippen LogP contribution >= 0.6 is 24.0 Å². The molecule has 1 atom stereocenters. The Bertz CT molecular complexity index is 520. The van der Waals surface area contributed by atoms with Crippen molar-refractivity contribution >= 4 is 29.9 Å². The van der Waals surface area contributed by atoms with Crippen LogP contribution in [-0.4, -0.2) is 80.8 Å². The smallest absolute Gasteiger partial charge is 0.191 e. The van der Waals surface area contributed by atoms with E-state index < -0.39 is 0 Å². The number of piperazine rings is 1. The van der Waals surface area contributed by atoms with Crippen LogP contribution in [-0.2, 0) is 0 Å². The van der Waals surface area contributed by atoms with Gasteiger partial charge in [0.2, 0.25) is 0 Å². The molecule has 0 bridgehead atoms. The lowest BCUT2D eigenvalue weighted by Gasteiger charge is -2.37. The van der Waals surface area contributed by atoms with Crippen molar-refractivity contribution in [1.82, 2.24) is 20.4 Å².